The van der Waals surface area contributed by atoms with E-state index in [4.69, 9.17) is 4.74 Å². The SMILES string of the molecule is CC1CN(CC(=O)NC(c2ccccc2)C(C)C)CC(C)O1. The quantitative estimate of drug-likeness (QED) is 0.909. The molecule has 1 aliphatic rings. The van der Waals surface area contributed by atoms with Crippen LogP contribution in [-0.2, 0) is 9.53 Å². The summed E-state index contributed by atoms with van der Waals surface area (Å²) in [7, 11) is 0. The van der Waals surface area contributed by atoms with Gasteiger partial charge in [0, 0.05) is 13.1 Å². The molecule has 0 aromatic heterocycles. The molecule has 2 rings (SSSR count). The van der Waals surface area contributed by atoms with Crippen LogP contribution in [0.1, 0.15) is 39.3 Å². The third-order valence-corrected chi connectivity index (χ3v) is 4.00. The second-order valence-corrected chi connectivity index (χ2v) is 6.65. The molecule has 0 radical (unpaired) electrons. The number of hydrogen-bond donors (Lipinski definition) is 1. The van der Waals surface area contributed by atoms with Gasteiger partial charge in [0.2, 0.25) is 5.91 Å². The van der Waals surface area contributed by atoms with Gasteiger partial charge in [-0.3, -0.25) is 9.69 Å². The zero-order chi connectivity index (χ0) is 16.1. The Labute approximate surface area is 133 Å². The predicted octanol–water partition coefficient (Wildman–Crippen LogP) is 2.61. The van der Waals surface area contributed by atoms with E-state index in [1.54, 1.807) is 0 Å². The summed E-state index contributed by atoms with van der Waals surface area (Å²) >= 11 is 0. The molecule has 1 aromatic rings. The summed E-state index contributed by atoms with van der Waals surface area (Å²) < 4.78 is 5.71. The Balaban J connectivity index is 1.94. The monoisotopic (exact) mass is 304 g/mol. The predicted molar refractivity (Wildman–Crippen MR) is 88.6 cm³/mol. The third kappa shape index (κ3) is 4.82. The van der Waals surface area contributed by atoms with Crippen molar-refractivity contribution in [3.8, 4) is 0 Å². The number of hydrogen-bond acceptors (Lipinski definition) is 3. The highest BCUT2D eigenvalue weighted by molar-refractivity contribution is 5.78. The van der Waals surface area contributed by atoms with E-state index in [0.29, 0.717) is 12.5 Å². The number of nitrogens with zero attached hydrogens (tertiary/aromatic N) is 1. The summed E-state index contributed by atoms with van der Waals surface area (Å²) in [5.41, 5.74) is 1.16. The van der Waals surface area contributed by atoms with Crippen LogP contribution in [0.5, 0.6) is 0 Å². The smallest absolute Gasteiger partial charge is 0.234 e. The zero-order valence-electron chi connectivity index (χ0n) is 14.1. The van der Waals surface area contributed by atoms with Crippen LogP contribution in [0.3, 0.4) is 0 Å². The van der Waals surface area contributed by atoms with Gasteiger partial charge in [0.15, 0.2) is 0 Å². The maximum absolute atomic E-state index is 12.4. The summed E-state index contributed by atoms with van der Waals surface area (Å²) in [5.74, 6) is 0.442. The van der Waals surface area contributed by atoms with Gasteiger partial charge in [-0.2, -0.15) is 0 Å². The molecule has 0 aliphatic carbocycles. The number of carbonyl (C=O) groups excluding carboxylic acids is 1. The van der Waals surface area contributed by atoms with Crippen LogP contribution >= 0.6 is 0 Å². The second kappa shape index (κ2) is 7.75. The number of amides is 1. The molecular weight excluding hydrogens is 276 g/mol. The molecular formula is C18H28N2O2. The summed E-state index contributed by atoms with van der Waals surface area (Å²) in [4.78, 5) is 14.6. The van der Waals surface area contributed by atoms with Crippen LogP contribution in [0.4, 0.5) is 0 Å². The van der Waals surface area contributed by atoms with Gasteiger partial charge in [0.25, 0.3) is 0 Å². The standard InChI is InChI=1S/C18H28N2O2/c1-13(2)18(16-8-6-5-7-9-16)19-17(21)12-20-10-14(3)22-15(4)11-20/h5-9,13-15,18H,10-12H2,1-4H3,(H,19,21). The van der Waals surface area contributed by atoms with Gasteiger partial charge >= 0.3 is 0 Å². The number of carbonyl (C=O) groups is 1. The maximum Gasteiger partial charge on any atom is 0.234 e. The Morgan fingerprint density at radius 3 is 2.36 bits per heavy atom. The Morgan fingerprint density at radius 1 is 1.23 bits per heavy atom. The highest BCUT2D eigenvalue weighted by Gasteiger charge is 2.25. The fourth-order valence-corrected chi connectivity index (χ4v) is 3.13. The normalized spacial score (nSPS) is 24.2. The van der Waals surface area contributed by atoms with E-state index in [0.717, 1.165) is 18.7 Å². The molecule has 1 heterocycles. The summed E-state index contributed by atoms with van der Waals surface area (Å²) in [6, 6.07) is 10.2. The number of nitrogens with one attached hydrogen (secondary N) is 1. The van der Waals surface area contributed by atoms with E-state index in [1.165, 1.54) is 0 Å². The average Bonchev–Trinajstić information content (AvgIpc) is 2.44. The summed E-state index contributed by atoms with van der Waals surface area (Å²) in [6.07, 6.45) is 0.373. The molecule has 3 atom stereocenters. The topological polar surface area (TPSA) is 41.6 Å². The fraction of sp³-hybridized carbons (Fsp3) is 0.611. The molecule has 22 heavy (non-hydrogen) atoms. The summed E-state index contributed by atoms with van der Waals surface area (Å²) in [5, 5.41) is 3.19. The summed E-state index contributed by atoms with van der Waals surface area (Å²) in [6.45, 7) is 10.5. The molecule has 4 heteroatoms. The van der Waals surface area contributed by atoms with Gasteiger partial charge in [-0.05, 0) is 25.3 Å². The lowest BCUT2D eigenvalue weighted by atomic mass is 9.96. The van der Waals surface area contributed by atoms with Gasteiger partial charge in [-0.15, -0.1) is 0 Å². The van der Waals surface area contributed by atoms with Crippen molar-refractivity contribution in [2.75, 3.05) is 19.6 Å². The Bertz CT molecular complexity index is 465. The minimum absolute atomic E-state index is 0.0598. The van der Waals surface area contributed by atoms with Gasteiger partial charge < -0.3 is 10.1 Å². The molecule has 1 aliphatic heterocycles. The highest BCUT2D eigenvalue weighted by Crippen LogP contribution is 2.21. The molecule has 1 amide bonds. The van der Waals surface area contributed by atoms with Gasteiger partial charge in [-0.25, -0.2) is 0 Å². The first-order chi connectivity index (χ1) is 10.5. The van der Waals surface area contributed by atoms with Crippen LogP contribution in [0.2, 0.25) is 0 Å². The molecule has 0 spiro atoms. The van der Waals surface area contributed by atoms with E-state index in [-0.39, 0.29) is 24.2 Å². The van der Waals surface area contributed by atoms with Gasteiger partial charge in [0.05, 0.1) is 24.8 Å². The van der Waals surface area contributed by atoms with Crippen LogP contribution in [0.15, 0.2) is 30.3 Å². The van der Waals surface area contributed by atoms with E-state index in [9.17, 15) is 4.79 Å². The van der Waals surface area contributed by atoms with Crippen LogP contribution in [-0.4, -0.2) is 42.6 Å². The molecule has 4 nitrogen and oxygen atoms in total. The van der Waals surface area contributed by atoms with Crippen molar-refractivity contribution in [1.82, 2.24) is 10.2 Å². The first-order valence-corrected chi connectivity index (χ1v) is 8.18. The highest BCUT2D eigenvalue weighted by atomic mass is 16.5. The molecule has 1 fully saturated rings. The number of rotatable bonds is 5. The minimum Gasteiger partial charge on any atom is -0.373 e. The second-order valence-electron chi connectivity index (χ2n) is 6.65. The van der Waals surface area contributed by atoms with Gasteiger partial charge in [-0.1, -0.05) is 44.2 Å². The van der Waals surface area contributed by atoms with Crippen LogP contribution in [0, 0.1) is 5.92 Å². The lowest BCUT2D eigenvalue weighted by Crippen LogP contribution is -2.49. The molecule has 0 bridgehead atoms. The Morgan fingerprint density at radius 2 is 1.82 bits per heavy atom. The lowest BCUT2D eigenvalue weighted by molar-refractivity contribution is -0.127. The van der Waals surface area contributed by atoms with E-state index in [2.05, 4.69) is 50.0 Å². The van der Waals surface area contributed by atoms with Crippen molar-refractivity contribution in [2.24, 2.45) is 5.92 Å². The van der Waals surface area contributed by atoms with E-state index >= 15 is 0 Å². The number of benzene rings is 1. The average molecular weight is 304 g/mol. The van der Waals surface area contributed by atoms with Crippen molar-refractivity contribution >= 4 is 5.91 Å². The largest absolute Gasteiger partial charge is 0.373 e. The van der Waals surface area contributed by atoms with Crippen molar-refractivity contribution < 1.29 is 9.53 Å². The first-order valence-electron chi connectivity index (χ1n) is 8.18. The fourth-order valence-electron chi connectivity index (χ4n) is 3.13. The Kier molecular flexibility index (Phi) is 5.98. The number of ether oxygens (including phenoxy) is 1. The lowest BCUT2D eigenvalue weighted by Gasteiger charge is -2.35. The number of morpholine rings is 1. The van der Waals surface area contributed by atoms with Crippen molar-refractivity contribution in [3.63, 3.8) is 0 Å². The van der Waals surface area contributed by atoms with Crippen molar-refractivity contribution in [2.45, 2.75) is 45.9 Å². The van der Waals surface area contributed by atoms with Gasteiger partial charge in [0.1, 0.15) is 0 Å². The molecule has 1 aromatic carbocycles. The maximum atomic E-state index is 12.4. The van der Waals surface area contributed by atoms with Crippen molar-refractivity contribution in [1.29, 1.82) is 0 Å². The first kappa shape index (κ1) is 17.0. The van der Waals surface area contributed by atoms with Crippen LogP contribution < -0.4 is 5.32 Å². The molecule has 122 valence electrons. The molecule has 1 saturated heterocycles. The zero-order valence-corrected chi connectivity index (χ0v) is 14.1. The van der Waals surface area contributed by atoms with Crippen LogP contribution in [0.25, 0.3) is 0 Å². The molecule has 1 N–H and O–H groups in total. The van der Waals surface area contributed by atoms with E-state index in [1.807, 2.05) is 18.2 Å². The Hall–Kier alpha value is -1.39. The molecule has 0 saturated carbocycles. The van der Waals surface area contributed by atoms with Crippen molar-refractivity contribution in [3.05, 3.63) is 35.9 Å². The third-order valence-electron chi connectivity index (χ3n) is 4.00. The van der Waals surface area contributed by atoms with E-state index < -0.39 is 0 Å². The molecule has 3 unspecified atom stereocenters. The minimum atomic E-state index is 0.0598.